The number of aryl methyl sites for hydroxylation is 1. The Hall–Kier alpha value is -0.670. The summed E-state index contributed by atoms with van der Waals surface area (Å²) in [5.41, 5.74) is 6.58. The maximum atomic E-state index is 12.7. The van der Waals surface area contributed by atoms with Crippen molar-refractivity contribution in [3.63, 3.8) is 0 Å². The molecule has 2 N–H and O–H groups in total. The molecular formula is C14H21NOS. The summed E-state index contributed by atoms with van der Waals surface area (Å²) in [4.78, 5) is 13.8. The molecule has 2 rings (SSSR count). The average molecular weight is 251 g/mol. The summed E-state index contributed by atoms with van der Waals surface area (Å²) >= 11 is 1.65. The van der Waals surface area contributed by atoms with Crippen molar-refractivity contribution in [3.05, 3.63) is 21.9 Å². The van der Waals surface area contributed by atoms with E-state index in [2.05, 4.69) is 0 Å². The van der Waals surface area contributed by atoms with Crippen LogP contribution in [0, 0.1) is 12.3 Å². The van der Waals surface area contributed by atoms with Gasteiger partial charge in [-0.15, -0.1) is 11.3 Å². The van der Waals surface area contributed by atoms with Gasteiger partial charge in [0, 0.05) is 22.4 Å². The molecule has 0 amide bonds. The van der Waals surface area contributed by atoms with Gasteiger partial charge >= 0.3 is 0 Å². The number of rotatable bonds is 3. The Morgan fingerprint density at radius 1 is 1.35 bits per heavy atom. The van der Waals surface area contributed by atoms with Crippen LogP contribution in [0.5, 0.6) is 0 Å². The molecule has 2 nitrogen and oxygen atoms in total. The van der Waals surface area contributed by atoms with E-state index in [1.807, 2.05) is 18.4 Å². The van der Waals surface area contributed by atoms with E-state index >= 15 is 0 Å². The third-order valence-electron chi connectivity index (χ3n) is 4.04. The van der Waals surface area contributed by atoms with Crippen molar-refractivity contribution in [1.82, 2.24) is 0 Å². The molecule has 1 heterocycles. The van der Waals surface area contributed by atoms with Crippen molar-refractivity contribution in [2.75, 3.05) is 6.54 Å². The Labute approximate surface area is 107 Å². The summed E-state index contributed by atoms with van der Waals surface area (Å²) < 4.78 is 0. The van der Waals surface area contributed by atoms with Crippen molar-refractivity contribution in [2.45, 2.75) is 45.4 Å². The fourth-order valence-electron chi connectivity index (χ4n) is 2.84. The molecule has 0 saturated heterocycles. The fraction of sp³-hybridized carbons (Fsp3) is 0.643. The number of nitrogens with two attached hydrogens (primary N) is 1. The summed E-state index contributed by atoms with van der Waals surface area (Å²) in [7, 11) is 0. The molecule has 94 valence electrons. The van der Waals surface area contributed by atoms with E-state index in [9.17, 15) is 4.79 Å². The third kappa shape index (κ3) is 2.45. The van der Waals surface area contributed by atoms with Crippen LogP contribution in [0.3, 0.4) is 0 Å². The molecule has 0 spiro atoms. The van der Waals surface area contributed by atoms with Gasteiger partial charge in [-0.3, -0.25) is 4.79 Å². The number of Topliss-reactive ketones (excluding diaryl/α,β-unsaturated/α-hetero) is 1. The molecule has 0 bridgehead atoms. The highest BCUT2D eigenvalue weighted by Crippen LogP contribution is 2.38. The standard InChI is InChI=1S/C14H21NOS/c1-11-12(6-9-17-11)13(16)14(10-15)7-4-2-3-5-8-14/h6,9H,2-5,7-8,10,15H2,1H3. The minimum atomic E-state index is -0.275. The second-order valence-electron chi connectivity index (χ2n) is 5.12. The summed E-state index contributed by atoms with van der Waals surface area (Å²) in [6.07, 6.45) is 6.72. The normalized spacial score (nSPS) is 19.9. The van der Waals surface area contributed by atoms with Crippen LogP contribution in [0.15, 0.2) is 11.4 Å². The van der Waals surface area contributed by atoms with Gasteiger partial charge in [-0.2, -0.15) is 0 Å². The van der Waals surface area contributed by atoms with Crippen LogP contribution in [-0.2, 0) is 0 Å². The van der Waals surface area contributed by atoms with Gasteiger partial charge in [-0.25, -0.2) is 0 Å². The number of ketones is 1. The second-order valence-corrected chi connectivity index (χ2v) is 6.24. The fourth-order valence-corrected chi connectivity index (χ4v) is 3.53. The quantitative estimate of drug-likeness (QED) is 0.659. The molecular weight excluding hydrogens is 230 g/mol. The van der Waals surface area contributed by atoms with E-state index in [0.29, 0.717) is 12.3 Å². The zero-order valence-electron chi connectivity index (χ0n) is 10.5. The Balaban J connectivity index is 2.28. The van der Waals surface area contributed by atoms with Crippen molar-refractivity contribution >= 4 is 17.1 Å². The maximum Gasteiger partial charge on any atom is 0.171 e. The van der Waals surface area contributed by atoms with Crippen molar-refractivity contribution < 1.29 is 4.79 Å². The molecule has 3 heteroatoms. The SMILES string of the molecule is Cc1sccc1C(=O)C1(CN)CCCCCC1. The molecule has 1 aromatic heterocycles. The van der Waals surface area contributed by atoms with Crippen LogP contribution in [0.1, 0.15) is 53.8 Å². The molecule has 0 radical (unpaired) electrons. The largest absolute Gasteiger partial charge is 0.329 e. The minimum Gasteiger partial charge on any atom is -0.329 e. The Morgan fingerprint density at radius 3 is 2.47 bits per heavy atom. The van der Waals surface area contributed by atoms with E-state index in [1.165, 1.54) is 12.8 Å². The number of hydrogen-bond donors (Lipinski definition) is 1. The summed E-state index contributed by atoms with van der Waals surface area (Å²) in [6, 6.07) is 1.96. The first-order valence-corrected chi connectivity index (χ1v) is 7.36. The first-order chi connectivity index (χ1) is 8.19. The first-order valence-electron chi connectivity index (χ1n) is 6.48. The van der Waals surface area contributed by atoms with Gasteiger partial charge < -0.3 is 5.73 Å². The number of carbonyl (C=O) groups excluding carboxylic acids is 1. The van der Waals surface area contributed by atoms with E-state index in [-0.39, 0.29) is 5.41 Å². The lowest BCUT2D eigenvalue weighted by Crippen LogP contribution is -2.38. The highest BCUT2D eigenvalue weighted by Gasteiger charge is 2.38. The van der Waals surface area contributed by atoms with Crippen LogP contribution in [-0.4, -0.2) is 12.3 Å². The lowest BCUT2D eigenvalue weighted by molar-refractivity contribution is 0.0774. The van der Waals surface area contributed by atoms with Crippen LogP contribution in [0.25, 0.3) is 0 Å². The highest BCUT2D eigenvalue weighted by molar-refractivity contribution is 7.10. The number of thiophene rings is 1. The summed E-state index contributed by atoms with van der Waals surface area (Å²) in [5, 5.41) is 2.00. The van der Waals surface area contributed by atoms with E-state index in [0.717, 1.165) is 36.1 Å². The molecule has 0 atom stereocenters. The van der Waals surface area contributed by atoms with E-state index < -0.39 is 0 Å². The number of hydrogen-bond acceptors (Lipinski definition) is 3. The molecule has 1 aliphatic rings. The minimum absolute atomic E-state index is 0.275. The van der Waals surface area contributed by atoms with Gasteiger partial charge in [0.2, 0.25) is 0 Å². The van der Waals surface area contributed by atoms with Crippen LogP contribution >= 0.6 is 11.3 Å². The summed E-state index contributed by atoms with van der Waals surface area (Å²) in [6.45, 7) is 2.53. The van der Waals surface area contributed by atoms with Gasteiger partial charge in [0.05, 0.1) is 0 Å². The van der Waals surface area contributed by atoms with E-state index in [4.69, 9.17) is 5.73 Å². The molecule has 0 aliphatic heterocycles. The second kappa shape index (κ2) is 5.32. The van der Waals surface area contributed by atoms with Crippen LogP contribution in [0.4, 0.5) is 0 Å². The van der Waals surface area contributed by atoms with Gasteiger partial charge in [0.15, 0.2) is 5.78 Å². The van der Waals surface area contributed by atoms with Crippen molar-refractivity contribution in [3.8, 4) is 0 Å². The monoisotopic (exact) mass is 251 g/mol. The van der Waals surface area contributed by atoms with E-state index in [1.54, 1.807) is 11.3 Å². The topological polar surface area (TPSA) is 43.1 Å². The average Bonchev–Trinajstić information content (AvgIpc) is 2.64. The lowest BCUT2D eigenvalue weighted by atomic mass is 9.74. The molecule has 1 fully saturated rings. The smallest absolute Gasteiger partial charge is 0.171 e. The maximum absolute atomic E-state index is 12.7. The number of carbonyl (C=O) groups is 1. The van der Waals surface area contributed by atoms with Crippen molar-refractivity contribution in [2.24, 2.45) is 11.1 Å². The predicted octanol–water partition coefficient (Wildman–Crippen LogP) is 3.54. The van der Waals surface area contributed by atoms with Gasteiger partial charge in [-0.05, 0) is 31.2 Å². The Kier molecular flexibility index (Phi) is 4.00. The molecule has 0 unspecified atom stereocenters. The van der Waals surface area contributed by atoms with Gasteiger partial charge in [0.1, 0.15) is 0 Å². The molecule has 1 aromatic rings. The first kappa shape index (κ1) is 12.8. The molecule has 1 saturated carbocycles. The lowest BCUT2D eigenvalue weighted by Gasteiger charge is -2.29. The van der Waals surface area contributed by atoms with Crippen LogP contribution < -0.4 is 5.73 Å². The van der Waals surface area contributed by atoms with Crippen LogP contribution in [0.2, 0.25) is 0 Å². The molecule has 0 aromatic carbocycles. The highest BCUT2D eigenvalue weighted by atomic mass is 32.1. The Bertz CT molecular complexity index is 389. The Morgan fingerprint density at radius 2 is 2.00 bits per heavy atom. The third-order valence-corrected chi connectivity index (χ3v) is 4.88. The predicted molar refractivity (Wildman–Crippen MR) is 72.6 cm³/mol. The molecule has 17 heavy (non-hydrogen) atoms. The zero-order valence-corrected chi connectivity index (χ0v) is 11.3. The molecule has 1 aliphatic carbocycles. The van der Waals surface area contributed by atoms with Gasteiger partial charge in [0.25, 0.3) is 0 Å². The van der Waals surface area contributed by atoms with Crippen molar-refractivity contribution in [1.29, 1.82) is 0 Å². The zero-order chi connectivity index (χ0) is 12.3. The summed E-state index contributed by atoms with van der Waals surface area (Å²) in [5.74, 6) is 0.292. The van der Waals surface area contributed by atoms with Gasteiger partial charge in [-0.1, -0.05) is 25.7 Å².